The van der Waals surface area contributed by atoms with Crippen molar-refractivity contribution in [1.82, 2.24) is 0 Å². The Kier molecular flexibility index (Phi) is 4.24. The van der Waals surface area contributed by atoms with Crippen LogP contribution in [0.5, 0.6) is 0 Å². The Bertz CT molecular complexity index is 453. The summed E-state index contributed by atoms with van der Waals surface area (Å²) in [5.41, 5.74) is -0.437. The van der Waals surface area contributed by atoms with Crippen LogP contribution in [0.3, 0.4) is 0 Å². The number of carbonyl (C=O) groups excluding carboxylic acids is 1. The molecule has 2 nitrogen and oxygen atoms in total. The number of rotatable bonds is 4. The summed E-state index contributed by atoms with van der Waals surface area (Å²) in [6.07, 6.45) is 14.3. The van der Waals surface area contributed by atoms with Crippen molar-refractivity contribution in [2.45, 2.75) is 97.0 Å². The lowest BCUT2D eigenvalue weighted by atomic mass is 9.46. The van der Waals surface area contributed by atoms with Gasteiger partial charge in [-0.3, -0.25) is 4.79 Å². The van der Waals surface area contributed by atoms with Crippen LogP contribution in [-0.4, -0.2) is 11.6 Å². The van der Waals surface area contributed by atoms with Crippen molar-refractivity contribution >= 4 is 5.97 Å². The molecule has 5 fully saturated rings. The van der Waals surface area contributed by atoms with Gasteiger partial charge in [-0.1, -0.05) is 26.2 Å². The molecule has 0 unspecified atom stereocenters. The highest BCUT2D eigenvalue weighted by Gasteiger charge is 2.62. The average molecular weight is 333 g/mol. The third-order valence-electron chi connectivity index (χ3n) is 8.36. The molecule has 0 spiro atoms. The highest BCUT2D eigenvalue weighted by molar-refractivity contribution is 5.76. The van der Waals surface area contributed by atoms with E-state index in [-0.39, 0.29) is 17.0 Å². The summed E-state index contributed by atoms with van der Waals surface area (Å²) in [7, 11) is 0. The SMILES string of the molecule is CCC(C)(C)C(=O)OC1(C2CCCCC2)C2CC3CC(C2)CC1C3. The molecule has 5 rings (SSSR count). The minimum Gasteiger partial charge on any atom is -0.458 e. The molecule has 5 aliphatic rings. The van der Waals surface area contributed by atoms with Crippen LogP contribution in [0.15, 0.2) is 0 Å². The second kappa shape index (κ2) is 6.02. The number of hydrogen-bond donors (Lipinski definition) is 0. The maximum atomic E-state index is 13.1. The third-order valence-corrected chi connectivity index (χ3v) is 8.36. The lowest BCUT2D eigenvalue weighted by molar-refractivity contribution is -0.238. The predicted octanol–water partition coefficient (Wildman–Crippen LogP) is 5.74. The van der Waals surface area contributed by atoms with Gasteiger partial charge in [0.25, 0.3) is 0 Å². The van der Waals surface area contributed by atoms with Gasteiger partial charge in [0, 0.05) is 0 Å². The molecule has 4 bridgehead atoms. The van der Waals surface area contributed by atoms with E-state index in [0.717, 1.165) is 18.3 Å². The van der Waals surface area contributed by atoms with E-state index in [1.807, 2.05) is 0 Å². The normalized spacial score (nSPS) is 42.3. The molecule has 0 N–H and O–H groups in total. The molecule has 5 saturated carbocycles. The number of hydrogen-bond acceptors (Lipinski definition) is 2. The van der Waals surface area contributed by atoms with Gasteiger partial charge in [0.2, 0.25) is 0 Å². The molecule has 0 aromatic carbocycles. The Morgan fingerprint density at radius 3 is 1.96 bits per heavy atom. The quantitative estimate of drug-likeness (QED) is 0.613. The molecule has 0 saturated heterocycles. The summed E-state index contributed by atoms with van der Waals surface area (Å²) in [5, 5.41) is 0. The third kappa shape index (κ3) is 2.54. The van der Waals surface area contributed by atoms with Crippen LogP contribution in [0.1, 0.15) is 91.4 Å². The number of esters is 1. The summed E-state index contributed by atoms with van der Waals surface area (Å²) in [6.45, 7) is 6.26. The molecular formula is C22H36O2. The Balaban J connectivity index is 1.66. The zero-order chi connectivity index (χ0) is 16.9. The van der Waals surface area contributed by atoms with Crippen molar-refractivity contribution in [1.29, 1.82) is 0 Å². The lowest BCUT2D eigenvalue weighted by Crippen LogP contribution is -2.64. The fraction of sp³-hybridized carbons (Fsp3) is 0.955. The lowest BCUT2D eigenvalue weighted by Gasteiger charge is -2.63. The first-order valence-corrected chi connectivity index (χ1v) is 10.7. The monoisotopic (exact) mass is 332 g/mol. The van der Waals surface area contributed by atoms with Crippen molar-refractivity contribution in [2.24, 2.45) is 35.0 Å². The van der Waals surface area contributed by atoms with Gasteiger partial charge in [0.05, 0.1) is 5.41 Å². The van der Waals surface area contributed by atoms with Crippen LogP contribution in [0.25, 0.3) is 0 Å². The van der Waals surface area contributed by atoms with E-state index in [9.17, 15) is 4.79 Å². The Hall–Kier alpha value is -0.530. The van der Waals surface area contributed by atoms with Crippen LogP contribution in [0.4, 0.5) is 0 Å². The predicted molar refractivity (Wildman–Crippen MR) is 96.5 cm³/mol. The maximum Gasteiger partial charge on any atom is 0.312 e. The van der Waals surface area contributed by atoms with Gasteiger partial charge in [-0.25, -0.2) is 0 Å². The van der Waals surface area contributed by atoms with Crippen LogP contribution in [0.2, 0.25) is 0 Å². The van der Waals surface area contributed by atoms with Crippen molar-refractivity contribution < 1.29 is 9.53 Å². The first kappa shape index (κ1) is 16.9. The van der Waals surface area contributed by atoms with Crippen molar-refractivity contribution in [3.05, 3.63) is 0 Å². The molecule has 2 heteroatoms. The largest absolute Gasteiger partial charge is 0.458 e. The van der Waals surface area contributed by atoms with Crippen LogP contribution < -0.4 is 0 Å². The van der Waals surface area contributed by atoms with E-state index >= 15 is 0 Å². The smallest absolute Gasteiger partial charge is 0.312 e. The van der Waals surface area contributed by atoms with Gasteiger partial charge in [-0.15, -0.1) is 0 Å². The standard InChI is InChI=1S/C22H36O2/c1-4-21(2,3)20(23)24-22(17-8-6-5-7-9-17)18-11-15-10-16(13-18)14-19(22)12-15/h15-19H,4-14H2,1-3H3. The highest BCUT2D eigenvalue weighted by Crippen LogP contribution is 2.63. The Morgan fingerprint density at radius 2 is 1.46 bits per heavy atom. The Morgan fingerprint density at radius 1 is 0.917 bits per heavy atom. The second-order valence-corrected chi connectivity index (χ2v) is 10.1. The molecule has 0 aromatic rings. The van der Waals surface area contributed by atoms with Gasteiger partial charge < -0.3 is 4.74 Å². The van der Waals surface area contributed by atoms with Crippen molar-refractivity contribution in [3.8, 4) is 0 Å². The first-order valence-electron chi connectivity index (χ1n) is 10.7. The van der Waals surface area contributed by atoms with Gasteiger partial charge >= 0.3 is 5.97 Å². The van der Waals surface area contributed by atoms with Crippen molar-refractivity contribution in [3.63, 3.8) is 0 Å². The number of carbonyl (C=O) groups is 1. The molecular weight excluding hydrogens is 296 g/mol. The number of ether oxygens (including phenoxy) is 1. The average Bonchev–Trinajstić information content (AvgIpc) is 2.58. The minimum absolute atomic E-state index is 0.0862. The van der Waals surface area contributed by atoms with E-state index in [1.54, 1.807) is 0 Å². The molecule has 0 atom stereocenters. The molecule has 0 amide bonds. The zero-order valence-corrected chi connectivity index (χ0v) is 16.0. The fourth-order valence-electron chi connectivity index (χ4n) is 6.83. The van der Waals surface area contributed by atoms with Crippen LogP contribution in [0, 0.1) is 35.0 Å². The minimum atomic E-state index is -0.337. The maximum absolute atomic E-state index is 13.1. The molecule has 5 aliphatic carbocycles. The van der Waals surface area contributed by atoms with Gasteiger partial charge in [0.1, 0.15) is 5.60 Å². The summed E-state index contributed by atoms with van der Waals surface area (Å²) >= 11 is 0. The van der Waals surface area contributed by atoms with Crippen LogP contribution in [-0.2, 0) is 9.53 Å². The van der Waals surface area contributed by atoms with Crippen molar-refractivity contribution in [2.75, 3.05) is 0 Å². The molecule has 0 heterocycles. The molecule has 0 aromatic heterocycles. The van der Waals surface area contributed by atoms with Gasteiger partial charge in [0.15, 0.2) is 0 Å². The van der Waals surface area contributed by atoms with E-state index in [0.29, 0.717) is 17.8 Å². The molecule has 24 heavy (non-hydrogen) atoms. The molecule has 0 aliphatic heterocycles. The fourth-order valence-corrected chi connectivity index (χ4v) is 6.83. The van der Waals surface area contributed by atoms with Gasteiger partial charge in [-0.05, 0) is 94.8 Å². The highest BCUT2D eigenvalue weighted by atomic mass is 16.6. The van der Waals surface area contributed by atoms with E-state index in [1.165, 1.54) is 64.2 Å². The van der Waals surface area contributed by atoms with Crippen LogP contribution >= 0.6 is 0 Å². The summed E-state index contributed by atoms with van der Waals surface area (Å²) in [4.78, 5) is 13.1. The molecule has 136 valence electrons. The topological polar surface area (TPSA) is 26.3 Å². The van der Waals surface area contributed by atoms with E-state index < -0.39 is 0 Å². The zero-order valence-electron chi connectivity index (χ0n) is 16.0. The second-order valence-electron chi connectivity index (χ2n) is 10.1. The Labute approximate surface area is 148 Å². The van der Waals surface area contributed by atoms with Gasteiger partial charge in [-0.2, -0.15) is 0 Å². The summed E-state index contributed by atoms with van der Waals surface area (Å²) in [6, 6.07) is 0. The summed E-state index contributed by atoms with van der Waals surface area (Å²) < 4.78 is 6.67. The molecule has 0 radical (unpaired) electrons. The van der Waals surface area contributed by atoms with E-state index in [2.05, 4.69) is 20.8 Å². The first-order chi connectivity index (χ1) is 11.5. The summed E-state index contributed by atoms with van der Waals surface area (Å²) in [5.74, 6) is 3.91. The van der Waals surface area contributed by atoms with E-state index in [4.69, 9.17) is 4.74 Å².